The molecular weight excluding hydrogens is 180 g/mol. The molecule has 0 atom stereocenters. The minimum atomic E-state index is 0.852. The zero-order valence-electron chi connectivity index (χ0n) is 7.63. The second-order valence-corrected chi connectivity index (χ2v) is 4.11. The summed E-state index contributed by atoms with van der Waals surface area (Å²) < 4.78 is 1.11. The quantitative estimate of drug-likeness (QED) is 0.630. The number of hydrogen-bond donors (Lipinski definition) is 0. The van der Waals surface area contributed by atoms with Gasteiger partial charge in [-0.3, -0.25) is 4.79 Å². The lowest BCUT2D eigenvalue weighted by atomic mass is 10.0. The molecule has 0 unspecified atom stereocenters. The van der Waals surface area contributed by atoms with Crippen LogP contribution in [0.25, 0.3) is 10.1 Å². The lowest BCUT2D eigenvalue weighted by Crippen LogP contribution is -1.89. The van der Waals surface area contributed by atoms with Crippen molar-refractivity contribution in [2.75, 3.05) is 0 Å². The average molecular weight is 190 g/mol. The standard InChI is InChI=1S/C11H10OS/c1-7-5-9-3-4-13-11(9)10(6-12)8(7)2/h3-6H,1-2H3. The van der Waals surface area contributed by atoms with Gasteiger partial charge < -0.3 is 0 Å². The van der Waals surface area contributed by atoms with Gasteiger partial charge in [-0.1, -0.05) is 6.07 Å². The summed E-state index contributed by atoms with van der Waals surface area (Å²) >= 11 is 1.63. The summed E-state index contributed by atoms with van der Waals surface area (Å²) in [4.78, 5) is 10.9. The lowest BCUT2D eigenvalue weighted by Gasteiger charge is -2.04. The number of rotatable bonds is 1. The number of hydrogen-bond acceptors (Lipinski definition) is 2. The van der Waals surface area contributed by atoms with Crippen LogP contribution in [0.3, 0.4) is 0 Å². The molecule has 0 amide bonds. The third-order valence-electron chi connectivity index (χ3n) is 2.43. The Morgan fingerprint density at radius 2 is 2.15 bits per heavy atom. The molecule has 66 valence electrons. The van der Waals surface area contributed by atoms with Crippen LogP contribution in [-0.4, -0.2) is 6.29 Å². The molecule has 0 spiro atoms. The molecule has 2 heteroatoms. The zero-order chi connectivity index (χ0) is 9.42. The Labute approximate surface area is 81.0 Å². The summed E-state index contributed by atoms with van der Waals surface area (Å²) in [5.74, 6) is 0. The van der Waals surface area contributed by atoms with Crippen LogP contribution in [0.2, 0.25) is 0 Å². The van der Waals surface area contributed by atoms with Crippen molar-refractivity contribution in [1.29, 1.82) is 0 Å². The van der Waals surface area contributed by atoms with E-state index in [4.69, 9.17) is 0 Å². The Bertz CT molecular complexity index is 468. The molecule has 0 fully saturated rings. The van der Waals surface area contributed by atoms with E-state index < -0.39 is 0 Å². The molecule has 2 aromatic rings. The van der Waals surface area contributed by atoms with Gasteiger partial charge in [0, 0.05) is 10.3 Å². The second-order valence-electron chi connectivity index (χ2n) is 3.19. The van der Waals surface area contributed by atoms with Gasteiger partial charge >= 0.3 is 0 Å². The normalized spacial score (nSPS) is 10.6. The molecule has 0 saturated heterocycles. The van der Waals surface area contributed by atoms with Crippen molar-refractivity contribution in [2.45, 2.75) is 13.8 Å². The average Bonchev–Trinajstić information content (AvgIpc) is 2.54. The summed E-state index contributed by atoms with van der Waals surface area (Å²) in [6, 6.07) is 4.19. The van der Waals surface area contributed by atoms with Gasteiger partial charge in [0.1, 0.15) is 0 Å². The Hall–Kier alpha value is -1.15. The van der Waals surface area contributed by atoms with Crippen LogP contribution in [0.1, 0.15) is 21.5 Å². The molecule has 1 aromatic carbocycles. The van der Waals surface area contributed by atoms with E-state index in [1.165, 1.54) is 10.9 Å². The predicted octanol–water partition coefficient (Wildman–Crippen LogP) is 3.33. The van der Waals surface area contributed by atoms with Gasteiger partial charge in [0.25, 0.3) is 0 Å². The molecule has 0 aliphatic rings. The zero-order valence-corrected chi connectivity index (χ0v) is 8.44. The number of fused-ring (bicyclic) bond motifs is 1. The molecule has 2 rings (SSSR count). The van der Waals surface area contributed by atoms with Gasteiger partial charge in [0.15, 0.2) is 6.29 Å². The van der Waals surface area contributed by atoms with Crippen molar-refractivity contribution in [3.8, 4) is 0 Å². The maximum Gasteiger partial charge on any atom is 0.151 e. The number of benzene rings is 1. The fraction of sp³-hybridized carbons (Fsp3) is 0.182. The van der Waals surface area contributed by atoms with Crippen LogP contribution in [-0.2, 0) is 0 Å². The number of thiophene rings is 1. The minimum absolute atomic E-state index is 0.852. The summed E-state index contributed by atoms with van der Waals surface area (Å²) in [7, 11) is 0. The molecule has 1 heterocycles. The van der Waals surface area contributed by atoms with Crippen molar-refractivity contribution >= 4 is 27.7 Å². The van der Waals surface area contributed by atoms with Crippen molar-refractivity contribution < 1.29 is 4.79 Å². The van der Waals surface area contributed by atoms with E-state index in [0.717, 1.165) is 22.1 Å². The smallest absolute Gasteiger partial charge is 0.151 e. The molecule has 0 N–H and O–H groups in total. The molecular formula is C11H10OS. The highest BCUT2D eigenvalue weighted by Gasteiger charge is 2.07. The molecule has 1 nitrogen and oxygen atoms in total. The highest BCUT2D eigenvalue weighted by molar-refractivity contribution is 7.17. The van der Waals surface area contributed by atoms with Crippen LogP contribution >= 0.6 is 11.3 Å². The Morgan fingerprint density at radius 3 is 2.85 bits per heavy atom. The molecule has 0 bridgehead atoms. The summed E-state index contributed by atoms with van der Waals surface area (Å²) in [6.07, 6.45) is 0.959. The highest BCUT2D eigenvalue weighted by Crippen LogP contribution is 2.28. The van der Waals surface area contributed by atoms with Gasteiger partial charge in [-0.25, -0.2) is 0 Å². The first kappa shape index (κ1) is 8.45. The fourth-order valence-electron chi connectivity index (χ4n) is 1.52. The van der Waals surface area contributed by atoms with Crippen LogP contribution in [0, 0.1) is 13.8 Å². The summed E-state index contributed by atoms with van der Waals surface area (Å²) in [6.45, 7) is 4.04. The van der Waals surface area contributed by atoms with E-state index >= 15 is 0 Å². The summed E-state index contributed by atoms with van der Waals surface area (Å²) in [5, 5.41) is 3.20. The molecule has 13 heavy (non-hydrogen) atoms. The highest BCUT2D eigenvalue weighted by atomic mass is 32.1. The second kappa shape index (κ2) is 2.96. The van der Waals surface area contributed by atoms with Crippen LogP contribution in [0.4, 0.5) is 0 Å². The topological polar surface area (TPSA) is 17.1 Å². The molecule has 0 saturated carbocycles. The largest absolute Gasteiger partial charge is 0.298 e. The first-order chi connectivity index (χ1) is 6.24. The Morgan fingerprint density at radius 1 is 1.38 bits per heavy atom. The van der Waals surface area contributed by atoms with E-state index in [0.29, 0.717) is 0 Å². The van der Waals surface area contributed by atoms with E-state index in [1.54, 1.807) is 11.3 Å². The maximum atomic E-state index is 10.9. The van der Waals surface area contributed by atoms with E-state index in [1.807, 2.05) is 19.2 Å². The van der Waals surface area contributed by atoms with Gasteiger partial charge in [-0.2, -0.15) is 0 Å². The van der Waals surface area contributed by atoms with Crippen molar-refractivity contribution in [1.82, 2.24) is 0 Å². The Kier molecular flexibility index (Phi) is 1.93. The molecule has 0 radical (unpaired) electrons. The fourth-order valence-corrected chi connectivity index (χ4v) is 2.46. The van der Waals surface area contributed by atoms with Crippen LogP contribution in [0.15, 0.2) is 17.5 Å². The molecule has 0 aliphatic carbocycles. The number of carbonyl (C=O) groups is 1. The first-order valence-corrected chi connectivity index (χ1v) is 5.04. The molecule has 1 aromatic heterocycles. The third-order valence-corrected chi connectivity index (χ3v) is 3.39. The number of aryl methyl sites for hydroxylation is 1. The van der Waals surface area contributed by atoms with Crippen LogP contribution < -0.4 is 0 Å². The first-order valence-electron chi connectivity index (χ1n) is 4.16. The van der Waals surface area contributed by atoms with Crippen molar-refractivity contribution in [3.63, 3.8) is 0 Å². The Balaban J connectivity index is 2.95. The van der Waals surface area contributed by atoms with Crippen molar-refractivity contribution in [2.24, 2.45) is 0 Å². The van der Waals surface area contributed by atoms with Gasteiger partial charge in [-0.15, -0.1) is 11.3 Å². The van der Waals surface area contributed by atoms with Gasteiger partial charge in [-0.05, 0) is 41.8 Å². The van der Waals surface area contributed by atoms with Crippen molar-refractivity contribution in [3.05, 3.63) is 34.2 Å². The number of carbonyl (C=O) groups excluding carboxylic acids is 1. The lowest BCUT2D eigenvalue weighted by molar-refractivity contribution is 0.112. The van der Waals surface area contributed by atoms with E-state index in [-0.39, 0.29) is 0 Å². The minimum Gasteiger partial charge on any atom is -0.298 e. The van der Waals surface area contributed by atoms with Gasteiger partial charge in [0.05, 0.1) is 0 Å². The maximum absolute atomic E-state index is 10.9. The predicted molar refractivity (Wildman–Crippen MR) is 56.7 cm³/mol. The van der Waals surface area contributed by atoms with E-state index in [9.17, 15) is 4.79 Å². The van der Waals surface area contributed by atoms with Crippen LogP contribution in [0.5, 0.6) is 0 Å². The molecule has 0 aliphatic heterocycles. The number of aldehydes is 1. The van der Waals surface area contributed by atoms with E-state index in [2.05, 4.69) is 12.1 Å². The third kappa shape index (κ3) is 1.18. The van der Waals surface area contributed by atoms with Gasteiger partial charge in [0.2, 0.25) is 0 Å². The summed E-state index contributed by atoms with van der Waals surface area (Å²) in [5.41, 5.74) is 3.14. The monoisotopic (exact) mass is 190 g/mol. The SMILES string of the molecule is Cc1cc2ccsc2c(C=O)c1C.